The Balaban J connectivity index is 1.96. The summed E-state index contributed by atoms with van der Waals surface area (Å²) in [6.07, 6.45) is 7.97. The number of hydrogen-bond donors (Lipinski definition) is 1. The first kappa shape index (κ1) is 14.6. The van der Waals surface area contributed by atoms with Crippen LogP contribution in [-0.4, -0.2) is 13.1 Å². The second-order valence-corrected chi connectivity index (χ2v) is 6.07. The Morgan fingerprint density at radius 1 is 1.16 bits per heavy atom. The van der Waals surface area contributed by atoms with Crippen molar-refractivity contribution in [2.45, 2.75) is 64.3 Å². The molecule has 0 saturated heterocycles. The second kappa shape index (κ2) is 7.09. The van der Waals surface area contributed by atoms with E-state index in [-0.39, 0.29) is 0 Å². The Bertz CT molecular complexity index is 379. The van der Waals surface area contributed by atoms with E-state index >= 15 is 0 Å². The quantitative estimate of drug-likeness (QED) is 0.723. The van der Waals surface area contributed by atoms with Crippen LogP contribution in [0, 0.1) is 5.92 Å². The van der Waals surface area contributed by atoms with Gasteiger partial charge in [0, 0.05) is 6.04 Å². The molecule has 2 unspecified atom stereocenters. The van der Waals surface area contributed by atoms with Crippen molar-refractivity contribution in [2.75, 3.05) is 7.05 Å². The van der Waals surface area contributed by atoms with E-state index in [1.54, 1.807) is 11.1 Å². The molecule has 0 bridgehead atoms. The molecular formula is C18H29N. The fourth-order valence-electron chi connectivity index (χ4n) is 3.71. The van der Waals surface area contributed by atoms with Gasteiger partial charge < -0.3 is 5.32 Å². The van der Waals surface area contributed by atoms with Crippen molar-refractivity contribution in [3.63, 3.8) is 0 Å². The molecule has 19 heavy (non-hydrogen) atoms. The highest BCUT2D eigenvalue weighted by molar-refractivity contribution is 5.39. The molecule has 106 valence electrons. The van der Waals surface area contributed by atoms with Gasteiger partial charge in [0.1, 0.15) is 0 Å². The summed E-state index contributed by atoms with van der Waals surface area (Å²) in [5.41, 5.74) is 3.18. The largest absolute Gasteiger partial charge is 0.317 e. The molecule has 2 rings (SSSR count). The van der Waals surface area contributed by atoms with Gasteiger partial charge in [-0.1, -0.05) is 51.0 Å². The van der Waals surface area contributed by atoms with Crippen molar-refractivity contribution in [1.82, 2.24) is 5.32 Å². The molecule has 0 aromatic heterocycles. The van der Waals surface area contributed by atoms with Crippen molar-refractivity contribution >= 4 is 0 Å². The zero-order valence-corrected chi connectivity index (χ0v) is 12.8. The number of fused-ring (bicyclic) bond motifs is 1. The lowest BCUT2D eigenvalue weighted by Gasteiger charge is -2.36. The molecule has 0 radical (unpaired) electrons. The van der Waals surface area contributed by atoms with E-state index in [1.807, 2.05) is 0 Å². The Kier molecular flexibility index (Phi) is 5.45. The average Bonchev–Trinajstić information content (AvgIpc) is 2.40. The highest BCUT2D eigenvalue weighted by Gasteiger charge is 2.30. The summed E-state index contributed by atoms with van der Waals surface area (Å²) in [5, 5.41) is 3.60. The molecule has 0 amide bonds. The molecule has 1 N–H and O–H groups in total. The van der Waals surface area contributed by atoms with Crippen LogP contribution in [0.25, 0.3) is 0 Å². The predicted octanol–water partition coefficient (Wildman–Crippen LogP) is 4.52. The Labute approximate surface area is 118 Å². The van der Waals surface area contributed by atoms with E-state index in [0.29, 0.717) is 6.04 Å². The minimum atomic E-state index is 0.693. The Morgan fingerprint density at radius 3 is 2.42 bits per heavy atom. The van der Waals surface area contributed by atoms with E-state index in [2.05, 4.69) is 50.5 Å². The van der Waals surface area contributed by atoms with Gasteiger partial charge in [-0.3, -0.25) is 0 Å². The first-order valence-electron chi connectivity index (χ1n) is 8.05. The van der Waals surface area contributed by atoms with Crippen LogP contribution in [0.2, 0.25) is 0 Å². The average molecular weight is 259 g/mol. The highest BCUT2D eigenvalue weighted by Crippen LogP contribution is 2.39. The zero-order chi connectivity index (χ0) is 13.7. The molecule has 2 atom stereocenters. The lowest BCUT2D eigenvalue weighted by Crippen LogP contribution is -2.37. The fourth-order valence-corrected chi connectivity index (χ4v) is 3.71. The molecule has 0 saturated carbocycles. The topological polar surface area (TPSA) is 12.0 Å². The molecule has 1 nitrogen and oxygen atoms in total. The maximum atomic E-state index is 3.60. The van der Waals surface area contributed by atoms with Gasteiger partial charge in [-0.2, -0.15) is 0 Å². The number of benzene rings is 1. The van der Waals surface area contributed by atoms with E-state index in [0.717, 1.165) is 11.8 Å². The van der Waals surface area contributed by atoms with Crippen molar-refractivity contribution in [3.05, 3.63) is 35.4 Å². The number of rotatable bonds is 8. The van der Waals surface area contributed by atoms with Crippen molar-refractivity contribution in [2.24, 2.45) is 5.92 Å². The summed E-state index contributed by atoms with van der Waals surface area (Å²) in [6, 6.07) is 9.66. The van der Waals surface area contributed by atoms with E-state index < -0.39 is 0 Å². The second-order valence-electron chi connectivity index (χ2n) is 6.07. The van der Waals surface area contributed by atoms with Gasteiger partial charge in [0.15, 0.2) is 0 Å². The zero-order valence-electron chi connectivity index (χ0n) is 12.8. The molecule has 1 aliphatic carbocycles. The maximum absolute atomic E-state index is 3.60. The monoisotopic (exact) mass is 259 g/mol. The highest BCUT2D eigenvalue weighted by atomic mass is 14.9. The van der Waals surface area contributed by atoms with E-state index in [9.17, 15) is 0 Å². The lowest BCUT2D eigenvalue weighted by atomic mass is 9.72. The Hall–Kier alpha value is -0.820. The van der Waals surface area contributed by atoms with Crippen LogP contribution < -0.4 is 5.32 Å². The Morgan fingerprint density at radius 2 is 1.84 bits per heavy atom. The van der Waals surface area contributed by atoms with Crippen LogP contribution in [0.15, 0.2) is 24.3 Å². The van der Waals surface area contributed by atoms with Gasteiger partial charge in [-0.25, -0.2) is 0 Å². The van der Waals surface area contributed by atoms with Gasteiger partial charge in [-0.15, -0.1) is 0 Å². The van der Waals surface area contributed by atoms with Gasteiger partial charge in [-0.05, 0) is 55.7 Å². The van der Waals surface area contributed by atoms with Crippen LogP contribution >= 0.6 is 0 Å². The van der Waals surface area contributed by atoms with Crippen LogP contribution in [0.1, 0.15) is 63.0 Å². The number of hydrogen-bond acceptors (Lipinski definition) is 1. The van der Waals surface area contributed by atoms with Gasteiger partial charge in [0.2, 0.25) is 0 Å². The molecule has 0 fully saturated rings. The summed E-state index contributed by atoms with van der Waals surface area (Å²) in [7, 11) is 2.15. The molecular weight excluding hydrogens is 230 g/mol. The summed E-state index contributed by atoms with van der Waals surface area (Å²) in [6.45, 7) is 4.63. The molecule has 1 aromatic rings. The molecule has 1 aliphatic rings. The molecule has 1 aromatic carbocycles. The third-order valence-electron chi connectivity index (χ3n) is 4.76. The number of nitrogens with one attached hydrogen (secondary N) is 1. The summed E-state index contributed by atoms with van der Waals surface area (Å²) < 4.78 is 0. The summed E-state index contributed by atoms with van der Waals surface area (Å²) in [5.74, 6) is 1.65. The minimum absolute atomic E-state index is 0.693. The van der Waals surface area contributed by atoms with Crippen molar-refractivity contribution in [1.29, 1.82) is 0 Å². The van der Waals surface area contributed by atoms with Crippen LogP contribution in [-0.2, 0) is 6.42 Å². The maximum Gasteiger partial charge on any atom is 0.00982 e. The minimum Gasteiger partial charge on any atom is -0.317 e. The third-order valence-corrected chi connectivity index (χ3v) is 4.76. The van der Waals surface area contributed by atoms with Crippen molar-refractivity contribution < 1.29 is 0 Å². The van der Waals surface area contributed by atoms with Crippen LogP contribution in [0.5, 0.6) is 0 Å². The first-order chi connectivity index (χ1) is 9.30. The first-order valence-corrected chi connectivity index (χ1v) is 8.05. The van der Waals surface area contributed by atoms with E-state index in [4.69, 9.17) is 0 Å². The van der Waals surface area contributed by atoms with Gasteiger partial charge >= 0.3 is 0 Å². The molecule has 0 heterocycles. The predicted molar refractivity (Wildman–Crippen MR) is 83.7 cm³/mol. The fraction of sp³-hybridized carbons (Fsp3) is 0.667. The van der Waals surface area contributed by atoms with Gasteiger partial charge in [0.25, 0.3) is 0 Å². The van der Waals surface area contributed by atoms with Crippen molar-refractivity contribution in [3.8, 4) is 0 Å². The normalized spacial score (nSPS) is 19.1. The van der Waals surface area contributed by atoms with Crippen LogP contribution in [0.3, 0.4) is 0 Å². The lowest BCUT2D eigenvalue weighted by molar-refractivity contribution is 0.288. The third kappa shape index (κ3) is 3.39. The molecule has 1 heteroatoms. The SMILES string of the molecule is CCCC(CCC)C(CC1Cc2ccccc21)NC. The summed E-state index contributed by atoms with van der Waals surface area (Å²) >= 11 is 0. The van der Waals surface area contributed by atoms with E-state index in [1.165, 1.54) is 38.5 Å². The van der Waals surface area contributed by atoms with Gasteiger partial charge in [0.05, 0.1) is 0 Å². The van der Waals surface area contributed by atoms with Crippen LogP contribution in [0.4, 0.5) is 0 Å². The smallest absolute Gasteiger partial charge is 0.00982 e. The standard InChI is InChI=1S/C18H29N/c1-4-8-14(9-5-2)18(19-3)13-16-12-15-10-6-7-11-17(15)16/h6-7,10-11,14,16,18-19H,4-5,8-9,12-13H2,1-3H3. The molecule has 0 spiro atoms. The summed E-state index contributed by atoms with van der Waals surface area (Å²) in [4.78, 5) is 0. The molecule has 0 aliphatic heterocycles.